The van der Waals surface area contributed by atoms with Gasteiger partial charge in [0.2, 0.25) is 0 Å². The summed E-state index contributed by atoms with van der Waals surface area (Å²) in [4.78, 5) is 0. The largest absolute Gasteiger partial charge is 0.117 e. The van der Waals surface area contributed by atoms with Crippen molar-refractivity contribution in [1.82, 2.24) is 0 Å². The molecule has 0 amide bonds. The summed E-state index contributed by atoms with van der Waals surface area (Å²) in [5, 5.41) is 3.10. The zero-order chi connectivity index (χ0) is 14.7. The molecule has 0 nitrogen and oxygen atoms in total. The highest BCUT2D eigenvalue weighted by atomic mass is 28.2. The minimum Gasteiger partial charge on any atom is -0.0806 e. The SMILES string of the molecule is Cc1cccc([Si]C2=C(Cc3ccccc3)C=CC2)c1C. The van der Waals surface area contributed by atoms with Gasteiger partial charge in [-0.1, -0.05) is 71.1 Å². The Balaban J connectivity index is 1.83. The molecule has 1 heteroatoms. The van der Waals surface area contributed by atoms with Crippen LogP contribution in [0, 0.1) is 13.8 Å². The molecule has 2 radical (unpaired) electrons. The summed E-state index contributed by atoms with van der Waals surface area (Å²) >= 11 is 0. The molecular weight excluding hydrogens is 268 g/mol. The van der Waals surface area contributed by atoms with Gasteiger partial charge >= 0.3 is 0 Å². The fraction of sp³-hybridized carbons (Fsp3) is 0.200. The predicted molar refractivity (Wildman–Crippen MR) is 92.2 cm³/mol. The van der Waals surface area contributed by atoms with E-state index in [1.807, 2.05) is 0 Å². The first kappa shape index (κ1) is 14.1. The van der Waals surface area contributed by atoms with Gasteiger partial charge in [0.15, 0.2) is 0 Å². The Morgan fingerprint density at radius 1 is 0.952 bits per heavy atom. The van der Waals surface area contributed by atoms with Gasteiger partial charge < -0.3 is 0 Å². The maximum atomic E-state index is 2.32. The fourth-order valence-corrected chi connectivity index (χ4v) is 4.15. The molecule has 0 N–H and O–H groups in total. The lowest BCUT2D eigenvalue weighted by molar-refractivity contribution is 1.18. The third kappa shape index (κ3) is 3.25. The maximum Gasteiger partial charge on any atom is 0.117 e. The molecule has 0 aromatic heterocycles. The van der Waals surface area contributed by atoms with E-state index in [1.54, 1.807) is 5.20 Å². The average molecular weight is 288 g/mol. The standard InChI is InChI=1S/C20H20Si/c1-15-8-6-12-19(16(15)2)21-20-13-7-11-18(20)14-17-9-4-3-5-10-17/h3-12H,13-14H2,1-2H3. The maximum absolute atomic E-state index is 2.32. The molecule has 0 atom stereocenters. The molecule has 0 unspecified atom stereocenters. The second kappa shape index (κ2) is 6.27. The van der Waals surface area contributed by atoms with E-state index in [0.717, 1.165) is 22.4 Å². The van der Waals surface area contributed by atoms with Gasteiger partial charge in [-0.15, -0.1) is 0 Å². The van der Waals surface area contributed by atoms with Crippen molar-refractivity contribution in [2.45, 2.75) is 26.7 Å². The number of rotatable bonds is 4. The highest BCUT2D eigenvalue weighted by Crippen LogP contribution is 2.22. The van der Waals surface area contributed by atoms with Crippen LogP contribution in [0.4, 0.5) is 0 Å². The molecule has 1 aliphatic carbocycles. The molecule has 2 aromatic rings. The monoisotopic (exact) mass is 288 g/mol. The van der Waals surface area contributed by atoms with Crippen LogP contribution in [0.25, 0.3) is 0 Å². The molecule has 3 rings (SSSR count). The van der Waals surface area contributed by atoms with E-state index < -0.39 is 0 Å². The molecule has 0 heterocycles. The lowest BCUT2D eigenvalue weighted by Crippen LogP contribution is -2.21. The van der Waals surface area contributed by atoms with Crippen molar-refractivity contribution in [3.8, 4) is 0 Å². The highest BCUT2D eigenvalue weighted by Gasteiger charge is 2.13. The minimum absolute atomic E-state index is 0.802. The normalized spacial score (nSPS) is 14.0. The molecular formula is C20H20Si. The molecule has 2 aromatic carbocycles. The summed E-state index contributed by atoms with van der Waals surface area (Å²) in [6.07, 6.45) is 6.81. The smallest absolute Gasteiger partial charge is 0.0806 e. The van der Waals surface area contributed by atoms with Crippen LogP contribution in [0.5, 0.6) is 0 Å². The van der Waals surface area contributed by atoms with E-state index in [9.17, 15) is 0 Å². The Morgan fingerprint density at radius 3 is 2.57 bits per heavy atom. The van der Waals surface area contributed by atoms with E-state index in [1.165, 1.54) is 27.5 Å². The zero-order valence-electron chi connectivity index (χ0n) is 12.7. The molecule has 104 valence electrons. The quantitative estimate of drug-likeness (QED) is 0.743. The van der Waals surface area contributed by atoms with Gasteiger partial charge in [0.25, 0.3) is 0 Å². The number of benzene rings is 2. The van der Waals surface area contributed by atoms with Gasteiger partial charge in [0.05, 0.1) is 0 Å². The Labute approximate surface area is 130 Å². The molecule has 1 aliphatic rings. The predicted octanol–water partition coefficient (Wildman–Crippen LogP) is 4.09. The number of aryl methyl sites for hydroxylation is 1. The molecule has 0 fully saturated rings. The van der Waals surface area contributed by atoms with E-state index in [4.69, 9.17) is 0 Å². The Morgan fingerprint density at radius 2 is 1.76 bits per heavy atom. The lowest BCUT2D eigenvalue weighted by Gasteiger charge is -2.11. The van der Waals surface area contributed by atoms with Crippen LogP contribution in [0.1, 0.15) is 23.1 Å². The lowest BCUT2D eigenvalue weighted by atomic mass is 10.1. The first-order valence-electron chi connectivity index (χ1n) is 7.50. The molecule has 21 heavy (non-hydrogen) atoms. The topological polar surface area (TPSA) is 0 Å². The minimum atomic E-state index is 0.802. The van der Waals surface area contributed by atoms with Gasteiger partial charge in [-0.25, -0.2) is 0 Å². The summed E-state index contributed by atoms with van der Waals surface area (Å²) in [5.74, 6) is 0. The number of hydrogen-bond donors (Lipinski definition) is 0. The molecule has 0 saturated heterocycles. The van der Waals surface area contributed by atoms with Crippen LogP contribution < -0.4 is 5.19 Å². The van der Waals surface area contributed by atoms with Crippen LogP contribution in [0.2, 0.25) is 0 Å². The van der Waals surface area contributed by atoms with Gasteiger partial charge in [0.1, 0.15) is 9.52 Å². The molecule has 0 bridgehead atoms. The van der Waals surface area contributed by atoms with Crippen LogP contribution in [0.3, 0.4) is 0 Å². The van der Waals surface area contributed by atoms with E-state index >= 15 is 0 Å². The summed E-state index contributed by atoms with van der Waals surface area (Å²) in [6, 6.07) is 17.4. The van der Waals surface area contributed by atoms with Gasteiger partial charge in [-0.05, 0) is 49.0 Å². The van der Waals surface area contributed by atoms with E-state index in [2.05, 4.69) is 74.5 Å². The van der Waals surface area contributed by atoms with Crippen LogP contribution >= 0.6 is 0 Å². The van der Waals surface area contributed by atoms with Crippen molar-refractivity contribution in [3.63, 3.8) is 0 Å². The summed E-state index contributed by atoms with van der Waals surface area (Å²) in [6.45, 7) is 4.45. The summed E-state index contributed by atoms with van der Waals surface area (Å²) in [5.41, 5.74) is 5.77. The zero-order valence-corrected chi connectivity index (χ0v) is 13.7. The number of hydrogen-bond acceptors (Lipinski definition) is 0. The van der Waals surface area contributed by atoms with Crippen LogP contribution in [-0.4, -0.2) is 9.52 Å². The summed E-state index contributed by atoms with van der Waals surface area (Å²) in [7, 11) is 0.802. The van der Waals surface area contributed by atoms with Crippen molar-refractivity contribution < 1.29 is 0 Å². The van der Waals surface area contributed by atoms with E-state index in [-0.39, 0.29) is 0 Å². The molecule has 0 aliphatic heterocycles. The second-order valence-electron chi connectivity index (χ2n) is 5.65. The first-order valence-corrected chi connectivity index (χ1v) is 8.50. The van der Waals surface area contributed by atoms with Gasteiger partial charge in [-0.2, -0.15) is 0 Å². The van der Waals surface area contributed by atoms with Crippen molar-refractivity contribution in [1.29, 1.82) is 0 Å². The molecule has 0 saturated carbocycles. The first-order chi connectivity index (χ1) is 10.2. The van der Waals surface area contributed by atoms with Gasteiger partial charge in [0, 0.05) is 0 Å². The second-order valence-corrected chi connectivity index (χ2v) is 7.04. The van der Waals surface area contributed by atoms with Gasteiger partial charge in [-0.3, -0.25) is 0 Å². The van der Waals surface area contributed by atoms with Crippen molar-refractivity contribution in [2.75, 3.05) is 0 Å². The fourth-order valence-electron chi connectivity index (χ4n) is 2.71. The Hall–Kier alpha value is -1.86. The third-order valence-electron chi connectivity index (χ3n) is 4.16. The van der Waals surface area contributed by atoms with Crippen molar-refractivity contribution in [3.05, 3.63) is 88.1 Å². The average Bonchev–Trinajstić information content (AvgIpc) is 2.92. The number of allylic oxidation sites excluding steroid dienone is 4. The summed E-state index contributed by atoms with van der Waals surface area (Å²) < 4.78 is 0. The Kier molecular flexibility index (Phi) is 4.21. The third-order valence-corrected chi connectivity index (χ3v) is 5.79. The Bertz CT molecular complexity index is 693. The van der Waals surface area contributed by atoms with Crippen LogP contribution in [-0.2, 0) is 6.42 Å². The highest BCUT2D eigenvalue weighted by molar-refractivity contribution is 6.62. The molecule has 0 spiro atoms. The van der Waals surface area contributed by atoms with E-state index in [0.29, 0.717) is 0 Å². The van der Waals surface area contributed by atoms with Crippen molar-refractivity contribution in [2.24, 2.45) is 0 Å². The van der Waals surface area contributed by atoms with Crippen LogP contribution in [0.15, 0.2) is 71.5 Å². The van der Waals surface area contributed by atoms with Crippen molar-refractivity contribution >= 4 is 14.7 Å².